The molecule has 0 aromatic heterocycles. The number of hydrogen-bond acceptors (Lipinski definition) is 4. The number of aliphatic hydroxyl groups excluding tert-OH is 1. The molecular formula is C12H24N2O3. The molecule has 1 rings (SSSR count). The van der Waals surface area contributed by atoms with Crippen LogP contribution in [0, 0.1) is 5.92 Å². The van der Waals surface area contributed by atoms with Crippen molar-refractivity contribution in [3.8, 4) is 0 Å². The molecule has 1 fully saturated rings. The molecule has 100 valence electrons. The van der Waals surface area contributed by atoms with Gasteiger partial charge in [-0.2, -0.15) is 0 Å². The van der Waals surface area contributed by atoms with Crippen LogP contribution in [0.3, 0.4) is 0 Å². The summed E-state index contributed by atoms with van der Waals surface area (Å²) in [6.45, 7) is 4.37. The van der Waals surface area contributed by atoms with Crippen molar-refractivity contribution in [2.75, 3.05) is 32.9 Å². The van der Waals surface area contributed by atoms with Gasteiger partial charge in [0.2, 0.25) is 5.91 Å². The first-order valence-electron chi connectivity index (χ1n) is 6.37. The van der Waals surface area contributed by atoms with E-state index in [-0.39, 0.29) is 18.6 Å². The van der Waals surface area contributed by atoms with Gasteiger partial charge >= 0.3 is 0 Å². The topological polar surface area (TPSA) is 75.8 Å². The zero-order valence-corrected chi connectivity index (χ0v) is 10.6. The molecule has 1 amide bonds. The van der Waals surface area contributed by atoms with Crippen LogP contribution in [-0.4, -0.2) is 54.9 Å². The van der Waals surface area contributed by atoms with E-state index in [1.807, 2.05) is 0 Å². The molecule has 0 aromatic rings. The average molecular weight is 244 g/mol. The van der Waals surface area contributed by atoms with Crippen LogP contribution in [0.5, 0.6) is 0 Å². The van der Waals surface area contributed by atoms with Crippen LogP contribution in [0.15, 0.2) is 0 Å². The van der Waals surface area contributed by atoms with Gasteiger partial charge in [0.1, 0.15) is 0 Å². The molecule has 0 aromatic carbocycles. The molecule has 0 spiro atoms. The van der Waals surface area contributed by atoms with Crippen molar-refractivity contribution in [3.05, 3.63) is 0 Å². The number of carbonyl (C=O) groups excluding carboxylic acids is 1. The minimum absolute atomic E-state index is 0.0237. The van der Waals surface area contributed by atoms with E-state index in [4.69, 9.17) is 10.5 Å². The van der Waals surface area contributed by atoms with Crippen molar-refractivity contribution in [1.29, 1.82) is 0 Å². The molecule has 0 aliphatic carbocycles. The van der Waals surface area contributed by atoms with E-state index in [0.29, 0.717) is 38.6 Å². The second-order valence-electron chi connectivity index (χ2n) is 4.72. The van der Waals surface area contributed by atoms with Crippen molar-refractivity contribution in [1.82, 2.24) is 4.90 Å². The summed E-state index contributed by atoms with van der Waals surface area (Å²) in [5.41, 5.74) is 5.48. The van der Waals surface area contributed by atoms with Gasteiger partial charge in [0.05, 0.1) is 25.9 Å². The van der Waals surface area contributed by atoms with Crippen LogP contribution in [0.1, 0.15) is 26.2 Å². The minimum atomic E-state index is -0.166. The van der Waals surface area contributed by atoms with Crippen LogP contribution in [0.4, 0.5) is 0 Å². The molecule has 1 aliphatic rings. The molecule has 1 aliphatic heterocycles. The average Bonchev–Trinajstić information content (AvgIpc) is 2.36. The van der Waals surface area contributed by atoms with Gasteiger partial charge in [0, 0.05) is 13.0 Å². The molecule has 2 unspecified atom stereocenters. The van der Waals surface area contributed by atoms with Crippen LogP contribution >= 0.6 is 0 Å². The van der Waals surface area contributed by atoms with Crippen molar-refractivity contribution in [2.24, 2.45) is 11.7 Å². The van der Waals surface area contributed by atoms with Crippen molar-refractivity contribution in [3.63, 3.8) is 0 Å². The minimum Gasteiger partial charge on any atom is -0.394 e. The number of hydrogen-bond donors (Lipinski definition) is 2. The lowest BCUT2D eigenvalue weighted by atomic mass is 10.0. The van der Waals surface area contributed by atoms with Crippen LogP contribution in [-0.2, 0) is 9.53 Å². The Labute approximate surface area is 103 Å². The SMILES string of the molecule is CC(CCN)CCC(=O)N1CCOCC1CO. The number of nitrogens with two attached hydrogens (primary N) is 1. The molecule has 0 bridgehead atoms. The molecule has 5 nitrogen and oxygen atoms in total. The molecule has 1 saturated heterocycles. The Morgan fingerprint density at radius 1 is 1.59 bits per heavy atom. The van der Waals surface area contributed by atoms with Crippen LogP contribution < -0.4 is 5.73 Å². The van der Waals surface area contributed by atoms with Gasteiger partial charge in [-0.1, -0.05) is 6.92 Å². The van der Waals surface area contributed by atoms with Crippen molar-refractivity contribution in [2.45, 2.75) is 32.2 Å². The lowest BCUT2D eigenvalue weighted by molar-refractivity contribution is -0.141. The zero-order chi connectivity index (χ0) is 12.7. The van der Waals surface area contributed by atoms with Crippen LogP contribution in [0.2, 0.25) is 0 Å². The van der Waals surface area contributed by atoms with Gasteiger partial charge in [0.25, 0.3) is 0 Å². The first-order chi connectivity index (χ1) is 8.19. The summed E-state index contributed by atoms with van der Waals surface area (Å²) in [5.74, 6) is 0.605. The fourth-order valence-corrected chi connectivity index (χ4v) is 2.08. The summed E-state index contributed by atoms with van der Waals surface area (Å²) in [6, 6.07) is -0.166. The number of morpholine rings is 1. The third-order valence-electron chi connectivity index (χ3n) is 3.27. The summed E-state index contributed by atoms with van der Waals surface area (Å²) in [4.78, 5) is 13.8. The number of rotatable bonds is 6. The maximum absolute atomic E-state index is 12.0. The molecule has 1 heterocycles. The highest BCUT2D eigenvalue weighted by molar-refractivity contribution is 5.76. The normalized spacial score (nSPS) is 22.5. The molecule has 0 saturated carbocycles. The maximum atomic E-state index is 12.0. The lowest BCUT2D eigenvalue weighted by Gasteiger charge is -2.34. The van der Waals surface area contributed by atoms with Crippen molar-refractivity contribution < 1.29 is 14.6 Å². The largest absolute Gasteiger partial charge is 0.394 e. The Bertz CT molecular complexity index is 236. The number of nitrogens with zero attached hydrogens (tertiary/aromatic N) is 1. The van der Waals surface area contributed by atoms with E-state index in [9.17, 15) is 9.90 Å². The molecule has 5 heteroatoms. The third kappa shape index (κ3) is 4.61. The van der Waals surface area contributed by atoms with Gasteiger partial charge in [-0.15, -0.1) is 0 Å². The third-order valence-corrected chi connectivity index (χ3v) is 3.27. The quantitative estimate of drug-likeness (QED) is 0.688. The van der Waals surface area contributed by atoms with Gasteiger partial charge < -0.3 is 20.5 Å². The van der Waals surface area contributed by atoms with Crippen molar-refractivity contribution >= 4 is 5.91 Å². The molecule has 3 N–H and O–H groups in total. The molecule has 17 heavy (non-hydrogen) atoms. The van der Waals surface area contributed by atoms with E-state index >= 15 is 0 Å². The summed E-state index contributed by atoms with van der Waals surface area (Å²) >= 11 is 0. The van der Waals surface area contributed by atoms with Crippen LogP contribution in [0.25, 0.3) is 0 Å². The summed E-state index contributed by atoms with van der Waals surface area (Å²) in [5, 5.41) is 9.18. The lowest BCUT2D eigenvalue weighted by Crippen LogP contribution is -2.50. The number of ether oxygens (including phenoxy) is 1. The number of amides is 1. The second-order valence-corrected chi connectivity index (χ2v) is 4.72. The first-order valence-corrected chi connectivity index (χ1v) is 6.37. The van der Waals surface area contributed by atoms with E-state index in [0.717, 1.165) is 12.8 Å². The van der Waals surface area contributed by atoms with E-state index in [1.165, 1.54) is 0 Å². The Kier molecular flexibility index (Phi) is 6.47. The molecular weight excluding hydrogens is 220 g/mol. The fraction of sp³-hybridized carbons (Fsp3) is 0.917. The maximum Gasteiger partial charge on any atom is 0.223 e. The smallest absolute Gasteiger partial charge is 0.223 e. The Balaban J connectivity index is 2.34. The summed E-state index contributed by atoms with van der Waals surface area (Å²) in [7, 11) is 0. The van der Waals surface area contributed by atoms with Gasteiger partial charge in [-0.25, -0.2) is 0 Å². The van der Waals surface area contributed by atoms with E-state index < -0.39 is 0 Å². The van der Waals surface area contributed by atoms with E-state index in [1.54, 1.807) is 4.90 Å². The fourth-order valence-electron chi connectivity index (χ4n) is 2.08. The predicted octanol–water partition coefficient (Wildman–Crippen LogP) is -0.0288. The van der Waals surface area contributed by atoms with Gasteiger partial charge in [0.15, 0.2) is 0 Å². The summed E-state index contributed by atoms with van der Waals surface area (Å²) < 4.78 is 5.25. The second kappa shape index (κ2) is 7.63. The molecule has 2 atom stereocenters. The standard InChI is InChI=1S/C12H24N2O3/c1-10(4-5-13)2-3-12(16)14-6-7-17-9-11(14)8-15/h10-11,15H,2-9,13H2,1H3. The number of carbonyl (C=O) groups is 1. The number of aliphatic hydroxyl groups is 1. The zero-order valence-electron chi connectivity index (χ0n) is 10.6. The Morgan fingerprint density at radius 3 is 3.00 bits per heavy atom. The summed E-state index contributed by atoms with van der Waals surface area (Å²) in [6.07, 6.45) is 2.36. The monoisotopic (exact) mass is 244 g/mol. The highest BCUT2D eigenvalue weighted by atomic mass is 16.5. The van der Waals surface area contributed by atoms with Gasteiger partial charge in [-0.05, 0) is 25.3 Å². The van der Waals surface area contributed by atoms with E-state index in [2.05, 4.69) is 6.92 Å². The predicted molar refractivity (Wildman–Crippen MR) is 65.5 cm³/mol. The Morgan fingerprint density at radius 2 is 2.35 bits per heavy atom. The highest BCUT2D eigenvalue weighted by Gasteiger charge is 2.26. The molecule has 0 radical (unpaired) electrons. The first kappa shape index (κ1) is 14.4. The highest BCUT2D eigenvalue weighted by Crippen LogP contribution is 2.14. The Hall–Kier alpha value is -0.650. The van der Waals surface area contributed by atoms with Gasteiger partial charge in [-0.3, -0.25) is 4.79 Å².